The number of methoxy groups -OCH3 is 1. The minimum atomic E-state index is -0.597. The van der Waals surface area contributed by atoms with E-state index in [1.54, 1.807) is 0 Å². The monoisotopic (exact) mass is 383 g/mol. The van der Waals surface area contributed by atoms with Crippen molar-refractivity contribution >= 4 is 11.8 Å². The van der Waals surface area contributed by atoms with Crippen LogP contribution in [0.3, 0.4) is 0 Å². The highest BCUT2D eigenvalue weighted by molar-refractivity contribution is 6.01. The van der Waals surface area contributed by atoms with Crippen molar-refractivity contribution in [2.75, 3.05) is 26.8 Å². The molecule has 3 unspecified atom stereocenters. The molecule has 0 aromatic heterocycles. The van der Waals surface area contributed by atoms with Gasteiger partial charge in [-0.25, -0.2) is 4.79 Å². The van der Waals surface area contributed by atoms with Gasteiger partial charge in [0.25, 0.3) is 0 Å². The summed E-state index contributed by atoms with van der Waals surface area (Å²) in [5.41, 5.74) is 2.22. The normalized spacial score (nSPS) is 46.3. The average molecular weight is 383 g/mol. The third kappa shape index (κ3) is 1.67. The number of ketones is 1. The van der Waals surface area contributed by atoms with Crippen molar-refractivity contribution < 1.29 is 19.1 Å². The predicted octanol–water partition coefficient (Wildman–Crippen LogP) is 2.86. The minimum absolute atomic E-state index is 0.0973. The van der Waals surface area contributed by atoms with Crippen LogP contribution in [0.2, 0.25) is 0 Å². The second-order valence-electron chi connectivity index (χ2n) is 10.1. The fourth-order valence-corrected chi connectivity index (χ4v) is 8.18. The van der Waals surface area contributed by atoms with Gasteiger partial charge in [-0.05, 0) is 36.7 Å². The summed E-state index contributed by atoms with van der Waals surface area (Å²) in [6.45, 7) is 7.34. The molecular formula is C23H29NO4. The van der Waals surface area contributed by atoms with Gasteiger partial charge in [0.15, 0.2) is 0 Å². The Bertz CT molecular complexity index is 872. The highest BCUT2D eigenvalue weighted by Gasteiger charge is 2.74. The van der Waals surface area contributed by atoms with Gasteiger partial charge < -0.3 is 9.47 Å². The number of nitrogens with zero attached hydrogens (tertiary/aromatic N) is 1. The second kappa shape index (κ2) is 5.29. The number of carbonyl (C=O) groups is 2. The molecular weight excluding hydrogens is 354 g/mol. The summed E-state index contributed by atoms with van der Waals surface area (Å²) in [5, 5.41) is 0. The Labute approximate surface area is 166 Å². The first-order valence-electron chi connectivity index (χ1n) is 10.9. The predicted molar refractivity (Wildman–Crippen MR) is 102 cm³/mol. The van der Waals surface area contributed by atoms with Crippen molar-refractivity contribution in [3.8, 4) is 0 Å². The Morgan fingerprint density at radius 3 is 2.89 bits per heavy atom. The van der Waals surface area contributed by atoms with Crippen LogP contribution in [0.1, 0.15) is 46.0 Å². The minimum Gasteiger partial charge on any atom is -0.497 e. The van der Waals surface area contributed by atoms with Crippen molar-refractivity contribution in [1.29, 1.82) is 0 Å². The molecule has 0 N–H and O–H groups in total. The van der Waals surface area contributed by atoms with Crippen LogP contribution in [0.25, 0.3) is 0 Å². The van der Waals surface area contributed by atoms with Crippen LogP contribution < -0.4 is 0 Å². The zero-order valence-electron chi connectivity index (χ0n) is 17.0. The highest BCUT2D eigenvalue weighted by atomic mass is 16.5. The summed E-state index contributed by atoms with van der Waals surface area (Å²) in [7, 11) is 1.46. The zero-order valence-corrected chi connectivity index (χ0v) is 17.0. The molecule has 2 bridgehead atoms. The van der Waals surface area contributed by atoms with E-state index < -0.39 is 5.41 Å². The SMILES string of the molecule is COC(=O)C1=C2CCOC3=C2[C@@]2(C1)C(=O)[C@@H]1CC4N(CC1C)CC(CC3)[C@]42C. The summed E-state index contributed by atoms with van der Waals surface area (Å²) < 4.78 is 11.4. The number of esters is 1. The second-order valence-corrected chi connectivity index (χ2v) is 10.1. The van der Waals surface area contributed by atoms with E-state index in [9.17, 15) is 9.59 Å². The molecule has 6 rings (SSSR count). The molecule has 28 heavy (non-hydrogen) atoms. The Kier molecular flexibility index (Phi) is 3.26. The number of carbonyl (C=O) groups excluding carboxylic acids is 2. The largest absolute Gasteiger partial charge is 0.497 e. The van der Waals surface area contributed by atoms with Crippen LogP contribution in [0.15, 0.2) is 22.5 Å². The number of Topliss-reactive ketones (excluding diaryl/α,β-unsaturated/α-hetero) is 1. The highest BCUT2D eigenvalue weighted by Crippen LogP contribution is 2.72. The number of allylic oxidation sites excluding steroid dienone is 2. The van der Waals surface area contributed by atoms with Gasteiger partial charge in [-0.15, -0.1) is 0 Å². The number of rotatable bonds is 1. The molecule has 0 amide bonds. The lowest BCUT2D eigenvalue weighted by molar-refractivity contribution is -0.157. The van der Waals surface area contributed by atoms with Gasteiger partial charge in [0.1, 0.15) is 11.5 Å². The van der Waals surface area contributed by atoms with Crippen molar-refractivity contribution in [2.45, 2.75) is 52.0 Å². The van der Waals surface area contributed by atoms with Crippen molar-refractivity contribution in [1.82, 2.24) is 4.90 Å². The molecule has 0 radical (unpaired) electrons. The number of hydrogen-bond donors (Lipinski definition) is 0. The molecule has 0 aromatic rings. The smallest absolute Gasteiger partial charge is 0.334 e. The van der Waals surface area contributed by atoms with Gasteiger partial charge in [-0.3, -0.25) is 9.69 Å². The third-order valence-corrected chi connectivity index (χ3v) is 9.39. The molecule has 3 aliphatic heterocycles. The number of fused-ring (bicyclic) bond motifs is 1. The number of ether oxygens (including phenoxy) is 2. The van der Waals surface area contributed by atoms with Gasteiger partial charge in [0, 0.05) is 54.5 Å². The Morgan fingerprint density at radius 2 is 2.11 bits per heavy atom. The average Bonchev–Trinajstić information content (AvgIpc) is 3.16. The number of piperidine rings is 1. The van der Waals surface area contributed by atoms with Gasteiger partial charge >= 0.3 is 5.97 Å². The summed E-state index contributed by atoms with van der Waals surface area (Å²) in [5.74, 6) is 2.09. The van der Waals surface area contributed by atoms with E-state index in [0.29, 0.717) is 43.1 Å². The molecule has 5 nitrogen and oxygen atoms in total. The first-order valence-corrected chi connectivity index (χ1v) is 10.9. The van der Waals surface area contributed by atoms with Crippen molar-refractivity contribution in [3.05, 3.63) is 22.5 Å². The maximum atomic E-state index is 14.3. The van der Waals surface area contributed by atoms with E-state index in [2.05, 4.69) is 18.7 Å². The summed E-state index contributed by atoms with van der Waals surface area (Å²) in [6.07, 6.45) is 4.20. The van der Waals surface area contributed by atoms with E-state index >= 15 is 0 Å². The standard InChI is InChI=1S/C23H29NO4/c1-12-10-24-11-13-4-5-17-19-14(6-7-28-17)16(21(26)27-3)9-23(19)20(25)15(12)8-18(24)22(13,23)2/h12-13,15,18H,4-11H2,1-3H3/t12?,13?,15-,18?,22-,23+/m1/s1. The molecule has 3 fully saturated rings. The molecule has 6 aliphatic rings. The lowest BCUT2D eigenvalue weighted by Crippen LogP contribution is -2.65. The van der Waals surface area contributed by atoms with Gasteiger partial charge in [-0.2, -0.15) is 0 Å². The van der Waals surface area contributed by atoms with Crippen molar-refractivity contribution in [3.63, 3.8) is 0 Å². The summed E-state index contributed by atoms with van der Waals surface area (Å²) >= 11 is 0. The van der Waals surface area contributed by atoms with Crippen LogP contribution in [-0.2, 0) is 19.1 Å². The topological polar surface area (TPSA) is 55.8 Å². The van der Waals surface area contributed by atoms with E-state index in [4.69, 9.17) is 9.47 Å². The molecule has 3 aliphatic carbocycles. The zero-order chi connectivity index (χ0) is 19.4. The fourth-order valence-electron chi connectivity index (χ4n) is 8.18. The number of hydrogen-bond acceptors (Lipinski definition) is 5. The fraction of sp³-hybridized carbons (Fsp3) is 0.739. The first-order chi connectivity index (χ1) is 13.4. The lowest BCUT2D eigenvalue weighted by atomic mass is 9.45. The van der Waals surface area contributed by atoms with E-state index in [-0.39, 0.29) is 17.3 Å². The Balaban J connectivity index is 1.65. The molecule has 5 heteroatoms. The van der Waals surface area contributed by atoms with Crippen molar-refractivity contribution in [2.24, 2.45) is 28.6 Å². The molecule has 1 saturated carbocycles. The van der Waals surface area contributed by atoms with Gasteiger partial charge in [0.05, 0.1) is 19.1 Å². The van der Waals surface area contributed by atoms with Crippen LogP contribution in [0.4, 0.5) is 0 Å². The van der Waals surface area contributed by atoms with Crippen LogP contribution in [-0.4, -0.2) is 49.5 Å². The van der Waals surface area contributed by atoms with E-state index in [1.165, 1.54) is 7.11 Å². The van der Waals surface area contributed by atoms with E-state index in [1.807, 2.05) is 0 Å². The molecule has 6 atom stereocenters. The lowest BCUT2D eigenvalue weighted by Gasteiger charge is -2.59. The maximum Gasteiger partial charge on any atom is 0.334 e. The Morgan fingerprint density at radius 1 is 1.29 bits per heavy atom. The molecule has 2 saturated heterocycles. The molecule has 150 valence electrons. The van der Waals surface area contributed by atoms with Crippen LogP contribution >= 0.6 is 0 Å². The summed E-state index contributed by atoms with van der Waals surface area (Å²) in [4.78, 5) is 29.7. The quantitative estimate of drug-likeness (QED) is 0.652. The van der Waals surface area contributed by atoms with Gasteiger partial charge in [-0.1, -0.05) is 13.8 Å². The van der Waals surface area contributed by atoms with Gasteiger partial charge in [0.2, 0.25) is 0 Å². The maximum absolute atomic E-state index is 14.3. The van der Waals surface area contributed by atoms with Crippen LogP contribution in [0, 0.1) is 28.6 Å². The molecule has 0 aromatic carbocycles. The van der Waals surface area contributed by atoms with E-state index in [0.717, 1.165) is 54.8 Å². The molecule has 1 spiro atoms. The Hall–Kier alpha value is -1.62. The third-order valence-electron chi connectivity index (χ3n) is 9.39. The molecule has 3 heterocycles. The summed E-state index contributed by atoms with van der Waals surface area (Å²) in [6, 6.07) is 0.434. The van der Waals surface area contributed by atoms with Crippen LogP contribution in [0.5, 0.6) is 0 Å². The first kappa shape index (κ1) is 17.3.